The number of ether oxygens (including phenoxy) is 9. The fraction of sp³-hybridized carbons (Fsp3) is 0.485. The molecule has 1 unspecified atom stereocenters. The van der Waals surface area contributed by atoms with Crippen molar-refractivity contribution in [2.24, 2.45) is 11.7 Å². The molecule has 2 saturated heterocycles. The fourth-order valence-electron chi connectivity index (χ4n) is 11.7. The molecule has 7 N–H and O–H groups in total. The molecule has 27 nitrogen and oxygen atoms in total. The Bertz CT molecular complexity index is 3430. The van der Waals surface area contributed by atoms with E-state index in [1.54, 1.807) is 45.2 Å². The van der Waals surface area contributed by atoms with Gasteiger partial charge in [0.2, 0.25) is 23.6 Å². The minimum Gasteiger partial charge on any atom is -0.495 e. The van der Waals surface area contributed by atoms with E-state index in [1.807, 2.05) is 61.5 Å². The van der Waals surface area contributed by atoms with Crippen LogP contribution in [-0.2, 0) is 81.4 Å². The number of likely N-dealkylation sites (N-methyl/N-ethyl adjacent to an activating group) is 1. The van der Waals surface area contributed by atoms with Crippen LogP contribution in [0.3, 0.4) is 0 Å². The Morgan fingerprint density at radius 1 is 0.936 bits per heavy atom. The number of allylic oxidation sites excluding steroid dienone is 3. The van der Waals surface area contributed by atoms with E-state index in [1.165, 1.54) is 62.6 Å². The van der Waals surface area contributed by atoms with Crippen molar-refractivity contribution in [3.63, 3.8) is 0 Å². The second kappa shape index (κ2) is 32.0. The molecule has 4 heterocycles. The number of nitrogens with one attached hydrogen (secondary N) is 4. The number of anilines is 1. The van der Waals surface area contributed by atoms with E-state index >= 15 is 0 Å². The van der Waals surface area contributed by atoms with E-state index in [0.29, 0.717) is 29.0 Å². The lowest BCUT2D eigenvalue weighted by atomic mass is 9.83. The Balaban J connectivity index is 0.759. The summed E-state index contributed by atoms with van der Waals surface area (Å²) in [7, 11) is 7.45. The summed E-state index contributed by atoms with van der Waals surface area (Å²) in [5.41, 5.74) is 12.2. The first kappa shape index (κ1) is 71.3. The van der Waals surface area contributed by atoms with Crippen molar-refractivity contribution in [2.45, 2.75) is 127 Å². The van der Waals surface area contributed by atoms with Gasteiger partial charge in [-0.05, 0) is 67.1 Å². The first-order valence-corrected chi connectivity index (χ1v) is 31.1. The smallest absolute Gasteiger partial charge is 0.421 e. The minimum atomic E-state index is -1.90. The van der Waals surface area contributed by atoms with Gasteiger partial charge in [0, 0.05) is 70.7 Å². The Morgan fingerprint density at radius 2 is 1.62 bits per heavy atom. The van der Waals surface area contributed by atoms with E-state index in [9.17, 15) is 43.5 Å². The SMILES string of the molecule is COc1cc2cc(c1Cl)N(C)C(=O)C[C@H](OC(=O)[C@H](C)N(C)C(=O)CCOCCOCCNC(=O)[C@H](CC(N)=O)NC(=O)OCc1cocc1CN(C)NC(=O)OCC1c3ccccc3-c3ccccc31)[C@]1(C)OC1[C@H](C)[C@@H]1C[C@@](O)(NC(=O)O1)[C@H](OC)/C=C/C=C(\C)C2. The number of benzene rings is 3. The van der Waals surface area contributed by atoms with Gasteiger partial charge in [0.15, 0.2) is 5.72 Å². The summed E-state index contributed by atoms with van der Waals surface area (Å²) in [6.45, 7) is 6.79. The van der Waals surface area contributed by atoms with Crippen LogP contribution in [0.4, 0.5) is 20.1 Å². The highest BCUT2D eigenvalue weighted by molar-refractivity contribution is 6.35. The molecule has 3 aliphatic heterocycles. The quantitative estimate of drug-likeness (QED) is 0.0152. The Labute approximate surface area is 549 Å². The largest absolute Gasteiger partial charge is 0.495 e. The number of aliphatic hydroxyl groups is 1. The lowest BCUT2D eigenvalue weighted by Gasteiger charge is -2.42. The third-order valence-corrected chi connectivity index (χ3v) is 17.5. The van der Waals surface area contributed by atoms with Crippen LogP contribution in [0.1, 0.15) is 87.1 Å². The van der Waals surface area contributed by atoms with Crippen LogP contribution >= 0.6 is 11.6 Å². The number of amides is 7. The molecule has 1 aromatic heterocycles. The number of primary amides is 1. The number of rotatable bonds is 25. The number of methoxy groups -OCH3 is 2. The summed E-state index contributed by atoms with van der Waals surface area (Å²) in [6, 6.07) is 17.0. The maximum Gasteiger partial charge on any atom is 0.421 e. The normalized spacial score (nSPS) is 23.3. The highest BCUT2D eigenvalue weighted by Gasteiger charge is 2.64. The molecule has 0 saturated carbocycles. The molecule has 3 aromatic carbocycles. The number of esters is 1. The van der Waals surface area contributed by atoms with Crippen LogP contribution in [0, 0.1) is 5.92 Å². The molecule has 0 radical (unpaired) electrons. The molecule has 4 bridgehead atoms. The molecule has 94 heavy (non-hydrogen) atoms. The first-order chi connectivity index (χ1) is 44.8. The molecule has 9 atom stereocenters. The number of hydrogen-bond acceptors (Lipinski definition) is 20. The number of epoxide rings is 1. The average Bonchev–Trinajstić information content (AvgIpc) is 1.57. The highest BCUT2D eigenvalue weighted by Crippen LogP contribution is 2.50. The topological polar surface area (TPSA) is 340 Å². The summed E-state index contributed by atoms with van der Waals surface area (Å²) in [4.78, 5) is 108. The van der Waals surface area contributed by atoms with Crippen molar-refractivity contribution < 1.29 is 90.5 Å². The number of hydrazine groups is 1. The number of furan rings is 1. The highest BCUT2D eigenvalue weighted by atomic mass is 35.5. The lowest BCUT2D eigenvalue weighted by Crippen LogP contribution is -2.63. The molecule has 8 rings (SSSR count). The zero-order valence-electron chi connectivity index (χ0n) is 54.1. The summed E-state index contributed by atoms with van der Waals surface area (Å²) < 4.78 is 57.0. The van der Waals surface area contributed by atoms with Crippen molar-refractivity contribution in [3.05, 3.63) is 130 Å². The monoisotopic (exact) mass is 1330 g/mol. The fourth-order valence-corrected chi connectivity index (χ4v) is 12.0. The number of nitrogens with two attached hydrogens (primary N) is 1. The molecule has 7 amide bonds. The molecule has 28 heteroatoms. The Hall–Kier alpha value is -8.57. The van der Waals surface area contributed by atoms with Crippen LogP contribution < -0.4 is 36.7 Å². The van der Waals surface area contributed by atoms with E-state index in [0.717, 1.165) is 33.4 Å². The molecular formula is C66H83ClN8O19. The van der Waals surface area contributed by atoms with E-state index < -0.39 is 114 Å². The number of fused-ring (bicyclic) bond motifs is 8. The van der Waals surface area contributed by atoms with E-state index in [4.69, 9.17) is 64.4 Å². The summed E-state index contributed by atoms with van der Waals surface area (Å²) in [5.74, 6) is -3.84. The van der Waals surface area contributed by atoms with Crippen molar-refractivity contribution in [3.8, 4) is 16.9 Å². The maximum absolute atomic E-state index is 14.4. The van der Waals surface area contributed by atoms with Gasteiger partial charge >= 0.3 is 24.2 Å². The van der Waals surface area contributed by atoms with Crippen molar-refractivity contribution in [1.29, 1.82) is 0 Å². The van der Waals surface area contributed by atoms with E-state index in [-0.39, 0.29) is 76.5 Å². The first-order valence-electron chi connectivity index (χ1n) is 30.7. The molecule has 4 aromatic rings. The van der Waals surface area contributed by atoms with Crippen molar-refractivity contribution >= 4 is 65.2 Å². The molecule has 4 aliphatic rings. The second-order valence-electron chi connectivity index (χ2n) is 23.8. The van der Waals surface area contributed by atoms with Gasteiger partial charge < -0.3 is 78.3 Å². The summed E-state index contributed by atoms with van der Waals surface area (Å²) in [5, 5.41) is 21.0. The third-order valence-electron chi connectivity index (χ3n) is 17.1. The van der Waals surface area contributed by atoms with Gasteiger partial charge in [-0.3, -0.25) is 29.9 Å². The van der Waals surface area contributed by atoms with Gasteiger partial charge in [0.05, 0.1) is 77.1 Å². The number of carbonyl (C=O) groups excluding carboxylic acids is 8. The maximum atomic E-state index is 14.4. The predicted molar refractivity (Wildman–Crippen MR) is 340 cm³/mol. The molecule has 1 aliphatic carbocycles. The Kier molecular flexibility index (Phi) is 24.3. The van der Waals surface area contributed by atoms with Crippen LogP contribution in [0.25, 0.3) is 11.1 Å². The standard InChI is InChI=1S/C66H83ClN8O19/c1-38-15-14-20-53(86-9)66(84)32-52(92-63(82)71-66)39(2)59-65(4,94-59)54(31-57(78)75(7)50-28-41(27-38)29-51(85-8)58(50)67)93-61(80)40(3)74(6)56(77)21-23-87-25-26-88-24-22-69-60(79)49(30-55(68)76)70-62(81)90-36-43-35-89-34-42(43)33-73(5)72-64(83)91-37-48-46-18-12-10-16-44(46)45-17-11-13-19-47(45)48/h10-20,28-29,34-35,39-40,48-49,52-54,59,84H,21-27,30-33,36-37H2,1-9H3,(H2,68,76)(H,69,79)(H,70,81)(H,71,82)(H,72,83)/b20-14+,38-15+/t39-,40+,49+,52+,53-,54+,59?,65+,66+/m1/s1. The molecular weight excluding hydrogens is 1240 g/mol. The van der Waals surface area contributed by atoms with Crippen molar-refractivity contribution in [1.82, 2.24) is 31.3 Å². The zero-order valence-corrected chi connectivity index (χ0v) is 54.8. The van der Waals surface area contributed by atoms with Crippen molar-refractivity contribution in [2.75, 3.05) is 79.8 Å². The molecule has 0 spiro atoms. The van der Waals surface area contributed by atoms with Crippen LogP contribution in [0.5, 0.6) is 5.75 Å². The number of hydrogen-bond donors (Lipinski definition) is 6. The van der Waals surface area contributed by atoms with Gasteiger partial charge in [-0.2, -0.15) is 0 Å². The molecule has 2 fully saturated rings. The zero-order chi connectivity index (χ0) is 68.0. The van der Waals surface area contributed by atoms with Crippen LogP contribution in [-0.4, -0.2) is 186 Å². The second-order valence-corrected chi connectivity index (χ2v) is 24.2. The third kappa shape index (κ3) is 17.8. The van der Waals surface area contributed by atoms with Gasteiger partial charge in [-0.25, -0.2) is 24.2 Å². The summed E-state index contributed by atoms with van der Waals surface area (Å²) in [6.07, 6.45) is 0.666. The van der Waals surface area contributed by atoms with Gasteiger partial charge in [-0.15, -0.1) is 0 Å². The van der Waals surface area contributed by atoms with Crippen LogP contribution in [0.2, 0.25) is 5.02 Å². The van der Waals surface area contributed by atoms with Crippen LogP contribution in [0.15, 0.2) is 101 Å². The predicted octanol–water partition coefficient (Wildman–Crippen LogP) is 5.70. The van der Waals surface area contributed by atoms with Gasteiger partial charge in [-0.1, -0.05) is 90.9 Å². The van der Waals surface area contributed by atoms with Gasteiger partial charge in [0.25, 0.3) is 0 Å². The average molecular weight is 1330 g/mol. The van der Waals surface area contributed by atoms with E-state index in [2.05, 4.69) is 21.4 Å². The van der Waals surface area contributed by atoms with Gasteiger partial charge in [0.1, 0.15) is 60.0 Å². The number of halogens is 1. The Morgan fingerprint density at radius 3 is 2.30 bits per heavy atom. The number of nitrogens with zero attached hydrogens (tertiary/aromatic N) is 3. The lowest BCUT2D eigenvalue weighted by molar-refractivity contribution is -0.162. The summed E-state index contributed by atoms with van der Waals surface area (Å²) >= 11 is 6.83. The number of carbonyl (C=O) groups is 8. The molecule has 508 valence electrons. The minimum absolute atomic E-state index is 0.000662. The number of alkyl carbamates (subject to hydrolysis) is 2.